The number of benzene rings is 2. The standard InChI is InChI=1S/C14H10BrNOS/c1-17-12-2-4-13(5-3-12)18-14-7-10(9-16)6-11(15)8-14/h2-8H,1H3. The molecule has 0 unspecified atom stereocenters. The van der Waals surface area contributed by atoms with Gasteiger partial charge in [0, 0.05) is 14.3 Å². The molecule has 90 valence electrons. The summed E-state index contributed by atoms with van der Waals surface area (Å²) in [5.41, 5.74) is 0.653. The van der Waals surface area contributed by atoms with E-state index in [9.17, 15) is 0 Å². The van der Waals surface area contributed by atoms with E-state index < -0.39 is 0 Å². The Hall–Kier alpha value is -1.44. The highest BCUT2D eigenvalue weighted by molar-refractivity contribution is 9.10. The van der Waals surface area contributed by atoms with E-state index >= 15 is 0 Å². The lowest BCUT2D eigenvalue weighted by Gasteiger charge is -2.04. The maximum atomic E-state index is 8.92. The minimum atomic E-state index is 0.653. The van der Waals surface area contributed by atoms with E-state index in [1.807, 2.05) is 36.4 Å². The van der Waals surface area contributed by atoms with Gasteiger partial charge in [-0.25, -0.2) is 0 Å². The number of ether oxygens (including phenoxy) is 1. The normalized spacial score (nSPS) is 9.83. The third-order valence-corrected chi connectivity index (χ3v) is 3.73. The summed E-state index contributed by atoms with van der Waals surface area (Å²) in [7, 11) is 1.65. The molecule has 0 saturated heterocycles. The van der Waals surface area contributed by atoms with Gasteiger partial charge < -0.3 is 4.74 Å². The second kappa shape index (κ2) is 5.94. The largest absolute Gasteiger partial charge is 0.497 e. The van der Waals surface area contributed by atoms with Crippen molar-refractivity contribution in [1.29, 1.82) is 5.26 Å². The Bertz CT molecular complexity index is 590. The molecule has 0 N–H and O–H groups in total. The summed E-state index contributed by atoms with van der Waals surface area (Å²) in [6.45, 7) is 0. The van der Waals surface area contributed by atoms with Crippen LogP contribution in [0, 0.1) is 11.3 Å². The fraction of sp³-hybridized carbons (Fsp3) is 0.0714. The van der Waals surface area contributed by atoms with Crippen LogP contribution < -0.4 is 4.74 Å². The van der Waals surface area contributed by atoms with Crippen molar-refractivity contribution in [2.45, 2.75) is 9.79 Å². The first-order valence-corrected chi connectivity index (χ1v) is 6.85. The molecule has 18 heavy (non-hydrogen) atoms. The van der Waals surface area contributed by atoms with Gasteiger partial charge in [0.05, 0.1) is 18.7 Å². The molecular formula is C14H10BrNOS. The van der Waals surface area contributed by atoms with Crippen molar-refractivity contribution in [3.8, 4) is 11.8 Å². The van der Waals surface area contributed by atoms with Crippen molar-refractivity contribution in [3.05, 3.63) is 52.5 Å². The lowest BCUT2D eigenvalue weighted by atomic mass is 10.2. The Morgan fingerprint density at radius 2 is 1.83 bits per heavy atom. The maximum absolute atomic E-state index is 8.92. The van der Waals surface area contributed by atoms with Gasteiger partial charge in [-0.2, -0.15) is 5.26 Å². The third kappa shape index (κ3) is 3.28. The van der Waals surface area contributed by atoms with Gasteiger partial charge in [-0.05, 0) is 42.5 Å². The minimum Gasteiger partial charge on any atom is -0.497 e. The molecule has 0 atom stereocenters. The molecule has 2 nitrogen and oxygen atoms in total. The molecule has 0 bridgehead atoms. The summed E-state index contributed by atoms with van der Waals surface area (Å²) in [6, 6.07) is 15.7. The zero-order chi connectivity index (χ0) is 13.0. The van der Waals surface area contributed by atoms with Crippen LogP contribution in [0.1, 0.15) is 5.56 Å². The Kier molecular flexibility index (Phi) is 4.29. The van der Waals surface area contributed by atoms with Crippen LogP contribution in [0.4, 0.5) is 0 Å². The quantitative estimate of drug-likeness (QED) is 0.836. The van der Waals surface area contributed by atoms with Gasteiger partial charge >= 0.3 is 0 Å². The SMILES string of the molecule is COc1ccc(Sc2cc(Br)cc(C#N)c2)cc1. The van der Waals surface area contributed by atoms with Gasteiger partial charge in [0.2, 0.25) is 0 Å². The van der Waals surface area contributed by atoms with Crippen LogP contribution in [0.25, 0.3) is 0 Å². The summed E-state index contributed by atoms with van der Waals surface area (Å²) >= 11 is 5.02. The van der Waals surface area contributed by atoms with E-state index in [2.05, 4.69) is 22.0 Å². The van der Waals surface area contributed by atoms with E-state index in [-0.39, 0.29) is 0 Å². The second-order valence-electron chi connectivity index (χ2n) is 3.57. The van der Waals surface area contributed by atoms with Crippen LogP contribution in [-0.4, -0.2) is 7.11 Å². The number of halogens is 1. The predicted molar refractivity (Wildman–Crippen MR) is 76.0 cm³/mol. The summed E-state index contributed by atoms with van der Waals surface area (Å²) in [6.07, 6.45) is 0. The first-order valence-electron chi connectivity index (χ1n) is 5.24. The number of rotatable bonds is 3. The molecule has 2 aromatic rings. The lowest BCUT2D eigenvalue weighted by molar-refractivity contribution is 0.414. The molecule has 0 aliphatic heterocycles. The number of methoxy groups -OCH3 is 1. The number of nitrogens with zero attached hydrogens (tertiary/aromatic N) is 1. The first-order chi connectivity index (χ1) is 8.71. The van der Waals surface area contributed by atoms with E-state index in [0.29, 0.717) is 5.56 Å². The number of hydrogen-bond donors (Lipinski definition) is 0. The molecule has 0 aromatic heterocycles. The first kappa shape index (κ1) is 13.0. The van der Waals surface area contributed by atoms with Crippen molar-refractivity contribution in [3.63, 3.8) is 0 Å². The second-order valence-corrected chi connectivity index (χ2v) is 5.63. The molecule has 0 amide bonds. The molecule has 0 spiro atoms. The van der Waals surface area contributed by atoms with Gasteiger partial charge in [0.25, 0.3) is 0 Å². The van der Waals surface area contributed by atoms with Gasteiger partial charge in [-0.3, -0.25) is 0 Å². The summed E-state index contributed by atoms with van der Waals surface area (Å²) in [5, 5.41) is 8.92. The van der Waals surface area contributed by atoms with Gasteiger partial charge in [-0.15, -0.1) is 0 Å². The van der Waals surface area contributed by atoms with Gasteiger partial charge in [0.15, 0.2) is 0 Å². The van der Waals surface area contributed by atoms with Crippen molar-refractivity contribution >= 4 is 27.7 Å². The highest BCUT2D eigenvalue weighted by atomic mass is 79.9. The molecular weight excluding hydrogens is 310 g/mol. The van der Waals surface area contributed by atoms with E-state index in [1.54, 1.807) is 24.9 Å². The van der Waals surface area contributed by atoms with Gasteiger partial charge in [0.1, 0.15) is 5.75 Å². The molecule has 0 heterocycles. The Morgan fingerprint density at radius 3 is 2.44 bits per heavy atom. The molecule has 2 aromatic carbocycles. The molecule has 4 heteroatoms. The third-order valence-electron chi connectivity index (χ3n) is 2.30. The average molecular weight is 320 g/mol. The summed E-state index contributed by atoms with van der Waals surface area (Å²) in [5.74, 6) is 0.839. The minimum absolute atomic E-state index is 0.653. The van der Waals surface area contributed by atoms with Crippen LogP contribution in [0.5, 0.6) is 5.75 Å². The van der Waals surface area contributed by atoms with E-state index in [1.165, 1.54) is 0 Å². The fourth-order valence-corrected chi connectivity index (χ4v) is 3.03. The monoisotopic (exact) mass is 319 g/mol. The predicted octanol–water partition coefficient (Wildman–Crippen LogP) is 4.48. The van der Waals surface area contributed by atoms with E-state index in [4.69, 9.17) is 10.00 Å². The topological polar surface area (TPSA) is 33.0 Å². The lowest BCUT2D eigenvalue weighted by Crippen LogP contribution is -1.82. The van der Waals surface area contributed by atoms with Crippen LogP contribution in [-0.2, 0) is 0 Å². The Labute approximate surface area is 119 Å². The molecule has 0 saturated carbocycles. The fourth-order valence-electron chi connectivity index (χ4n) is 1.47. The van der Waals surface area contributed by atoms with Crippen LogP contribution in [0.15, 0.2) is 56.7 Å². The van der Waals surface area contributed by atoms with Crippen molar-refractivity contribution in [2.75, 3.05) is 7.11 Å². The zero-order valence-electron chi connectivity index (χ0n) is 9.68. The number of nitriles is 1. The van der Waals surface area contributed by atoms with Crippen molar-refractivity contribution in [1.82, 2.24) is 0 Å². The Balaban J connectivity index is 2.22. The molecule has 0 radical (unpaired) electrons. The van der Waals surface area contributed by atoms with Crippen LogP contribution >= 0.6 is 27.7 Å². The molecule has 0 aliphatic rings. The average Bonchev–Trinajstić information content (AvgIpc) is 2.39. The molecule has 2 rings (SSSR count). The summed E-state index contributed by atoms with van der Waals surface area (Å²) < 4.78 is 6.03. The smallest absolute Gasteiger partial charge is 0.118 e. The van der Waals surface area contributed by atoms with Crippen molar-refractivity contribution < 1.29 is 4.74 Å². The number of hydrogen-bond acceptors (Lipinski definition) is 3. The van der Waals surface area contributed by atoms with Gasteiger partial charge in [-0.1, -0.05) is 27.7 Å². The summed E-state index contributed by atoms with van der Waals surface area (Å²) in [4.78, 5) is 2.14. The highest BCUT2D eigenvalue weighted by Gasteiger charge is 2.02. The van der Waals surface area contributed by atoms with E-state index in [0.717, 1.165) is 20.0 Å². The molecule has 0 fully saturated rings. The van der Waals surface area contributed by atoms with Crippen molar-refractivity contribution in [2.24, 2.45) is 0 Å². The van der Waals surface area contributed by atoms with Crippen LogP contribution in [0.3, 0.4) is 0 Å². The zero-order valence-corrected chi connectivity index (χ0v) is 12.1. The Morgan fingerprint density at radius 1 is 1.11 bits per heavy atom. The maximum Gasteiger partial charge on any atom is 0.118 e. The molecule has 0 aliphatic carbocycles. The highest BCUT2D eigenvalue weighted by Crippen LogP contribution is 2.31. The van der Waals surface area contributed by atoms with Crippen LogP contribution in [0.2, 0.25) is 0 Å².